The van der Waals surface area contributed by atoms with Crippen LogP contribution in [0.25, 0.3) is 0 Å². The zero-order valence-corrected chi connectivity index (χ0v) is 11.3. The molecule has 104 valence electrons. The fourth-order valence-electron chi connectivity index (χ4n) is 2.39. The van der Waals surface area contributed by atoms with E-state index in [2.05, 4.69) is 10.2 Å². The van der Waals surface area contributed by atoms with Crippen LogP contribution in [-0.2, 0) is 4.79 Å². The summed E-state index contributed by atoms with van der Waals surface area (Å²) < 4.78 is 5.21. The summed E-state index contributed by atoms with van der Waals surface area (Å²) in [6, 6.07) is 7.42. The summed E-state index contributed by atoms with van der Waals surface area (Å²) >= 11 is 0. The van der Waals surface area contributed by atoms with Gasteiger partial charge in [0.1, 0.15) is 5.75 Å². The van der Waals surface area contributed by atoms with Gasteiger partial charge in [0.05, 0.1) is 19.3 Å². The normalized spacial score (nSPS) is 19.4. The highest BCUT2D eigenvalue weighted by molar-refractivity contribution is 5.93. The van der Waals surface area contributed by atoms with Crippen LogP contribution in [-0.4, -0.2) is 44.1 Å². The minimum absolute atomic E-state index is 0.0119. The van der Waals surface area contributed by atoms with Crippen molar-refractivity contribution in [2.75, 3.05) is 38.6 Å². The molecule has 1 aromatic carbocycles. The average molecular weight is 263 g/mol. The fourth-order valence-corrected chi connectivity index (χ4v) is 2.39. The molecule has 1 aromatic rings. The van der Waals surface area contributed by atoms with E-state index >= 15 is 0 Å². The average Bonchev–Trinajstić information content (AvgIpc) is 2.87. The van der Waals surface area contributed by atoms with E-state index in [4.69, 9.17) is 10.5 Å². The summed E-state index contributed by atoms with van der Waals surface area (Å²) in [5.74, 6) is 1.19. The fraction of sp³-hybridized carbons (Fsp3) is 0.500. The lowest BCUT2D eigenvalue weighted by molar-refractivity contribution is -0.117. The van der Waals surface area contributed by atoms with Crippen LogP contribution in [0, 0.1) is 5.92 Å². The maximum atomic E-state index is 12.0. The van der Waals surface area contributed by atoms with Gasteiger partial charge in [-0.1, -0.05) is 12.1 Å². The number of benzene rings is 1. The van der Waals surface area contributed by atoms with Gasteiger partial charge < -0.3 is 15.8 Å². The Morgan fingerprint density at radius 1 is 1.53 bits per heavy atom. The number of likely N-dealkylation sites (tertiary alicyclic amines) is 1. The standard InChI is InChI=1S/C14H21N3O2/c1-19-13-5-3-2-4-12(13)16-14(18)10-17-7-6-11(8-15)9-17/h2-5,11H,6-10,15H2,1H3,(H,16,18). The Kier molecular flexibility index (Phi) is 4.76. The monoisotopic (exact) mass is 263 g/mol. The van der Waals surface area contributed by atoms with E-state index in [9.17, 15) is 4.79 Å². The molecule has 0 saturated carbocycles. The minimum Gasteiger partial charge on any atom is -0.495 e. The Morgan fingerprint density at radius 3 is 3.00 bits per heavy atom. The highest BCUT2D eigenvalue weighted by Gasteiger charge is 2.23. The topological polar surface area (TPSA) is 67.6 Å². The summed E-state index contributed by atoms with van der Waals surface area (Å²) in [5.41, 5.74) is 6.36. The van der Waals surface area contributed by atoms with Crippen molar-refractivity contribution in [3.05, 3.63) is 24.3 Å². The van der Waals surface area contributed by atoms with Crippen LogP contribution in [0.1, 0.15) is 6.42 Å². The summed E-state index contributed by atoms with van der Waals surface area (Å²) in [7, 11) is 1.59. The number of methoxy groups -OCH3 is 1. The van der Waals surface area contributed by atoms with Crippen molar-refractivity contribution in [3.8, 4) is 5.75 Å². The first-order chi connectivity index (χ1) is 9.22. The van der Waals surface area contributed by atoms with E-state index in [0.29, 0.717) is 30.4 Å². The Balaban J connectivity index is 1.87. The third-order valence-electron chi connectivity index (χ3n) is 3.45. The molecule has 1 heterocycles. The van der Waals surface area contributed by atoms with Crippen LogP contribution < -0.4 is 15.8 Å². The van der Waals surface area contributed by atoms with Crippen molar-refractivity contribution in [1.29, 1.82) is 0 Å². The van der Waals surface area contributed by atoms with Crippen LogP contribution >= 0.6 is 0 Å². The summed E-state index contributed by atoms with van der Waals surface area (Å²) in [6.45, 7) is 2.97. The molecule has 0 aromatic heterocycles. The second-order valence-electron chi connectivity index (χ2n) is 4.87. The van der Waals surface area contributed by atoms with Gasteiger partial charge in [-0.25, -0.2) is 0 Å². The Bertz CT molecular complexity index is 436. The zero-order chi connectivity index (χ0) is 13.7. The maximum absolute atomic E-state index is 12.0. The van der Waals surface area contributed by atoms with Crippen LogP contribution in [0.4, 0.5) is 5.69 Å². The molecule has 0 radical (unpaired) electrons. The van der Waals surface area contributed by atoms with Gasteiger partial charge in [-0.15, -0.1) is 0 Å². The highest BCUT2D eigenvalue weighted by atomic mass is 16.5. The van der Waals surface area contributed by atoms with Crippen LogP contribution in [0.3, 0.4) is 0 Å². The van der Waals surface area contributed by atoms with E-state index in [1.807, 2.05) is 24.3 Å². The third kappa shape index (κ3) is 3.68. The van der Waals surface area contributed by atoms with Gasteiger partial charge >= 0.3 is 0 Å². The smallest absolute Gasteiger partial charge is 0.238 e. The molecule has 1 unspecified atom stereocenters. The number of carbonyl (C=O) groups excluding carboxylic acids is 1. The van der Waals surface area contributed by atoms with Gasteiger partial charge in [0, 0.05) is 6.54 Å². The number of hydrogen-bond acceptors (Lipinski definition) is 4. The number of nitrogens with two attached hydrogens (primary N) is 1. The lowest BCUT2D eigenvalue weighted by Crippen LogP contribution is -2.32. The third-order valence-corrected chi connectivity index (χ3v) is 3.45. The van der Waals surface area contributed by atoms with Gasteiger partial charge in [0.2, 0.25) is 5.91 Å². The molecular formula is C14H21N3O2. The lowest BCUT2D eigenvalue weighted by atomic mass is 10.1. The summed E-state index contributed by atoms with van der Waals surface area (Å²) in [5, 5.41) is 2.88. The van der Waals surface area contributed by atoms with Crippen LogP contribution in [0.15, 0.2) is 24.3 Å². The van der Waals surface area contributed by atoms with Crippen molar-refractivity contribution in [3.63, 3.8) is 0 Å². The predicted octanol–water partition coefficient (Wildman–Crippen LogP) is 0.914. The summed E-state index contributed by atoms with van der Waals surface area (Å²) in [6.07, 6.45) is 1.08. The van der Waals surface area contributed by atoms with Gasteiger partial charge in [-0.2, -0.15) is 0 Å². The second-order valence-corrected chi connectivity index (χ2v) is 4.87. The predicted molar refractivity (Wildman–Crippen MR) is 75.2 cm³/mol. The van der Waals surface area contributed by atoms with Crippen molar-refractivity contribution in [1.82, 2.24) is 4.90 Å². The zero-order valence-electron chi connectivity index (χ0n) is 11.3. The van der Waals surface area contributed by atoms with Gasteiger partial charge in [0.15, 0.2) is 0 Å². The molecule has 1 fully saturated rings. The number of nitrogens with zero attached hydrogens (tertiary/aromatic N) is 1. The number of anilines is 1. The number of para-hydroxylation sites is 2. The van der Waals surface area contributed by atoms with Crippen molar-refractivity contribution in [2.24, 2.45) is 11.7 Å². The van der Waals surface area contributed by atoms with Crippen LogP contribution in [0.5, 0.6) is 5.75 Å². The first kappa shape index (κ1) is 13.8. The second kappa shape index (κ2) is 6.54. The largest absolute Gasteiger partial charge is 0.495 e. The molecule has 2 rings (SSSR count). The van der Waals surface area contributed by atoms with Gasteiger partial charge in [-0.3, -0.25) is 9.69 Å². The van der Waals surface area contributed by atoms with Crippen LogP contribution in [0.2, 0.25) is 0 Å². The van der Waals surface area contributed by atoms with E-state index in [-0.39, 0.29) is 5.91 Å². The molecular weight excluding hydrogens is 242 g/mol. The molecule has 1 atom stereocenters. The molecule has 5 nitrogen and oxygen atoms in total. The van der Waals surface area contributed by atoms with Crippen molar-refractivity contribution < 1.29 is 9.53 Å². The molecule has 19 heavy (non-hydrogen) atoms. The van der Waals surface area contributed by atoms with E-state index in [1.54, 1.807) is 7.11 Å². The Hall–Kier alpha value is -1.59. The lowest BCUT2D eigenvalue weighted by Gasteiger charge is -2.16. The Morgan fingerprint density at radius 2 is 2.32 bits per heavy atom. The summed E-state index contributed by atoms with van der Waals surface area (Å²) in [4.78, 5) is 14.1. The number of hydrogen-bond donors (Lipinski definition) is 2. The quantitative estimate of drug-likeness (QED) is 0.829. The molecule has 0 aliphatic carbocycles. The van der Waals surface area contributed by atoms with E-state index < -0.39 is 0 Å². The van der Waals surface area contributed by atoms with E-state index in [1.165, 1.54) is 0 Å². The number of nitrogens with one attached hydrogen (secondary N) is 1. The molecule has 0 bridgehead atoms. The number of carbonyl (C=O) groups is 1. The number of amides is 1. The molecule has 0 spiro atoms. The SMILES string of the molecule is COc1ccccc1NC(=O)CN1CCC(CN)C1. The molecule has 1 amide bonds. The minimum atomic E-state index is -0.0119. The molecule has 3 N–H and O–H groups in total. The molecule has 1 aliphatic rings. The Labute approximate surface area is 113 Å². The van der Waals surface area contributed by atoms with Crippen molar-refractivity contribution in [2.45, 2.75) is 6.42 Å². The van der Waals surface area contributed by atoms with E-state index in [0.717, 1.165) is 19.5 Å². The first-order valence-corrected chi connectivity index (χ1v) is 6.58. The van der Waals surface area contributed by atoms with Crippen molar-refractivity contribution >= 4 is 11.6 Å². The molecule has 5 heteroatoms. The molecule has 1 saturated heterocycles. The van der Waals surface area contributed by atoms with Gasteiger partial charge in [0.25, 0.3) is 0 Å². The maximum Gasteiger partial charge on any atom is 0.238 e. The first-order valence-electron chi connectivity index (χ1n) is 6.58. The number of rotatable bonds is 5. The number of ether oxygens (including phenoxy) is 1. The highest BCUT2D eigenvalue weighted by Crippen LogP contribution is 2.23. The molecule has 1 aliphatic heterocycles. The van der Waals surface area contributed by atoms with Gasteiger partial charge in [-0.05, 0) is 37.6 Å².